The molecule has 5 rings (SSSR count). The maximum atomic E-state index is 13.0. The van der Waals surface area contributed by atoms with Crippen LogP contribution < -0.4 is 4.90 Å². The lowest BCUT2D eigenvalue weighted by atomic mass is 10.0. The zero-order valence-corrected chi connectivity index (χ0v) is 14.9. The molecule has 1 aliphatic rings. The number of H-pyrrole nitrogens is 1. The molecule has 0 fully saturated rings. The van der Waals surface area contributed by atoms with E-state index in [0.29, 0.717) is 6.42 Å². The molecule has 1 aliphatic heterocycles. The largest absolute Gasteiger partial charge is 0.361 e. The third-order valence-electron chi connectivity index (χ3n) is 5.31. The average molecular weight is 353 g/mol. The van der Waals surface area contributed by atoms with Gasteiger partial charge in [0.25, 0.3) is 0 Å². The van der Waals surface area contributed by atoms with Crippen LogP contribution in [0.4, 0.5) is 5.69 Å². The number of hydrogen-bond acceptors (Lipinski definition) is 2. The average Bonchev–Trinajstić information content (AvgIpc) is 3.32. The van der Waals surface area contributed by atoms with Crippen molar-refractivity contribution in [3.63, 3.8) is 0 Å². The molecule has 0 spiro atoms. The third kappa shape index (κ3) is 2.79. The van der Waals surface area contributed by atoms with Gasteiger partial charge < -0.3 is 9.88 Å². The predicted molar refractivity (Wildman–Crippen MR) is 108 cm³/mol. The van der Waals surface area contributed by atoms with E-state index in [1.54, 1.807) is 12.4 Å². The Hall–Kier alpha value is -3.40. The van der Waals surface area contributed by atoms with Crippen LogP contribution in [-0.4, -0.2) is 22.4 Å². The number of nitrogens with zero attached hydrogens (tertiary/aromatic N) is 2. The van der Waals surface area contributed by atoms with Crippen molar-refractivity contribution < 1.29 is 4.79 Å². The monoisotopic (exact) mass is 353 g/mol. The number of benzene rings is 2. The van der Waals surface area contributed by atoms with Crippen LogP contribution in [0.3, 0.4) is 0 Å². The highest BCUT2D eigenvalue weighted by molar-refractivity contribution is 5.99. The molecule has 0 bridgehead atoms. The van der Waals surface area contributed by atoms with Crippen LogP contribution >= 0.6 is 0 Å². The zero-order valence-electron chi connectivity index (χ0n) is 14.9. The molecule has 0 radical (unpaired) electrons. The maximum Gasteiger partial charge on any atom is 0.231 e. The van der Waals surface area contributed by atoms with Crippen LogP contribution in [0.15, 0.2) is 73.2 Å². The van der Waals surface area contributed by atoms with Gasteiger partial charge in [0.2, 0.25) is 5.91 Å². The van der Waals surface area contributed by atoms with Crippen molar-refractivity contribution >= 4 is 22.5 Å². The summed E-state index contributed by atoms with van der Waals surface area (Å²) in [7, 11) is 0. The molecule has 1 amide bonds. The minimum atomic E-state index is 0.148. The number of fused-ring (bicyclic) bond motifs is 2. The van der Waals surface area contributed by atoms with E-state index in [0.717, 1.165) is 40.7 Å². The van der Waals surface area contributed by atoms with Gasteiger partial charge in [-0.05, 0) is 59.0 Å². The van der Waals surface area contributed by atoms with Crippen LogP contribution in [0.25, 0.3) is 22.0 Å². The Morgan fingerprint density at radius 1 is 1.04 bits per heavy atom. The number of anilines is 1. The number of carbonyl (C=O) groups excluding carboxylic acids is 1. The summed E-state index contributed by atoms with van der Waals surface area (Å²) in [6.07, 6.45) is 6.87. The molecule has 2 aromatic carbocycles. The lowest BCUT2D eigenvalue weighted by molar-refractivity contribution is -0.117. The van der Waals surface area contributed by atoms with Crippen molar-refractivity contribution in [3.05, 3.63) is 84.3 Å². The molecule has 0 unspecified atom stereocenters. The van der Waals surface area contributed by atoms with Crippen LogP contribution in [0.5, 0.6) is 0 Å². The normalized spacial score (nSPS) is 13.1. The number of rotatable bonds is 3. The van der Waals surface area contributed by atoms with Gasteiger partial charge in [-0.2, -0.15) is 0 Å². The van der Waals surface area contributed by atoms with E-state index in [4.69, 9.17) is 0 Å². The summed E-state index contributed by atoms with van der Waals surface area (Å²) in [4.78, 5) is 22.2. The highest BCUT2D eigenvalue weighted by atomic mass is 16.2. The summed E-state index contributed by atoms with van der Waals surface area (Å²) < 4.78 is 0. The fourth-order valence-corrected chi connectivity index (χ4v) is 3.92. The fraction of sp³-hybridized carbons (Fsp3) is 0.130. The second-order valence-corrected chi connectivity index (χ2v) is 6.91. The van der Waals surface area contributed by atoms with Gasteiger partial charge in [-0.15, -0.1) is 0 Å². The summed E-state index contributed by atoms with van der Waals surface area (Å²) in [6, 6.07) is 18.5. The number of para-hydroxylation sites is 1. The second kappa shape index (κ2) is 6.40. The van der Waals surface area contributed by atoms with Gasteiger partial charge in [0, 0.05) is 41.7 Å². The fourth-order valence-electron chi connectivity index (χ4n) is 3.92. The summed E-state index contributed by atoms with van der Waals surface area (Å²) >= 11 is 0. The summed E-state index contributed by atoms with van der Waals surface area (Å²) in [5.41, 5.74) is 6.72. The van der Waals surface area contributed by atoms with Crippen LogP contribution in [-0.2, 0) is 17.6 Å². The number of aromatic nitrogens is 2. The van der Waals surface area contributed by atoms with E-state index in [2.05, 4.69) is 34.2 Å². The molecule has 0 saturated heterocycles. The van der Waals surface area contributed by atoms with E-state index in [1.165, 1.54) is 11.1 Å². The second-order valence-electron chi connectivity index (χ2n) is 6.91. The Morgan fingerprint density at radius 2 is 1.89 bits per heavy atom. The standard InChI is InChI=1S/C23H19N3O/c27-23(14-19-15-25-21-4-2-1-3-20(19)21)26-12-9-18-13-17(5-6-22(18)26)16-7-10-24-11-8-16/h1-8,10-11,13,15,25H,9,12,14H2. The summed E-state index contributed by atoms with van der Waals surface area (Å²) in [5, 5.41) is 1.12. The Kier molecular flexibility index (Phi) is 3.75. The van der Waals surface area contributed by atoms with Gasteiger partial charge in [-0.3, -0.25) is 9.78 Å². The molecule has 4 nitrogen and oxygen atoms in total. The van der Waals surface area contributed by atoms with Gasteiger partial charge in [-0.1, -0.05) is 24.3 Å². The number of hydrogen-bond donors (Lipinski definition) is 1. The Labute approximate surface area is 157 Å². The summed E-state index contributed by atoms with van der Waals surface area (Å²) in [6.45, 7) is 0.746. The van der Waals surface area contributed by atoms with E-state index in [1.807, 2.05) is 41.4 Å². The van der Waals surface area contributed by atoms with Crippen LogP contribution in [0, 0.1) is 0 Å². The predicted octanol–water partition coefficient (Wildman–Crippen LogP) is 4.36. The Bertz CT molecular complexity index is 1130. The molecule has 132 valence electrons. The van der Waals surface area contributed by atoms with E-state index < -0.39 is 0 Å². The maximum absolute atomic E-state index is 13.0. The number of carbonyl (C=O) groups is 1. The van der Waals surface area contributed by atoms with Crippen LogP contribution in [0.2, 0.25) is 0 Å². The first kappa shape index (κ1) is 15.8. The molecule has 0 aliphatic carbocycles. The highest BCUT2D eigenvalue weighted by Gasteiger charge is 2.25. The number of amides is 1. The van der Waals surface area contributed by atoms with Crippen LogP contribution in [0.1, 0.15) is 11.1 Å². The van der Waals surface area contributed by atoms with E-state index in [9.17, 15) is 4.79 Å². The lowest BCUT2D eigenvalue weighted by Crippen LogP contribution is -2.30. The molecule has 1 N–H and O–H groups in total. The van der Waals surface area contributed by atoms with Crippen molar-refractivity contribution in [1.29, 1.82) is 0 Å². The van der Waals surface area contributed by atoms with Gasteiger partial charge >= 0.3 is 0 Å². The molecule has 4 aromatic rings. The van der Waals surface area contributed by atoms with Crippen molar-refractivity contribution in [1.82, 2.24) is 9.97 Å². The Balaban J connectivity index is 1.41. The van der Waals surface area contributed by atoms with Gasteiger partial charge in [0.1, 0.15) is 0 Å². The van der Waals surface area contributed by atoms with Crippen molar-refractivity contribution in [2.24, 2.45) is 0 Å². The quantitative estimate of drug-likeness (QED) is 0.595. The number of nitrogens with one attached hydrogen (secondary N) is 1. The van der Waals surface area contributed by atoms with Crippen molar-refractivity contribution in [2.75, 3.05) is 11.4 Å². The molecule has 27 heavy (non-hydrogen) atoms. The van der Waals surface area contributed by atoms with Gasteiger partial charge in [0.05, 0.1) is 6.42 Å². The van der Waals surface area contributed by atoms with E-state index >= 15 is 0 Å². The smallest absolute Gasteiger partial charge is 0.231 e. The molecule has 2 aromatic heterocycles. The number of aromatic amines is 1. The molecule has 3 heterocycles. The number of pyridine rings is 1. The molecular weight excluding hydrogens is 334 g/mol. The first-order valence-corrected chi connectivity index (χ1v) is 9.18. The lowest BCUT2D eigenvalue weighted by Gasteiger charge is -2.17. The SMILES string of the molecule is O=C(Cc1c[nH]c2ccccc12)N1CCc2cc(-c3ccncc3)ccc21. The minimum absolute atomic E-state index is 0.148. The Morgan fingerprint density at radius 3 is 2.78 bits per heavy atom. The third-order valence-corrected chi connectivity index (χ3v) is 5.31. The molecular formula is C23H19N3O. The topological polar surface area (TPSA) is 49.0 Å². The molecule has 4 heteroatoms. The first-order chi connectivity index (χ1) is 13.3. The summed E-state index contributed by atoms with van der Waals surface area (Å²) in [5.74, 6) is 0.148. The van der Waals surface area contributed by atoms with Crippen molar-refractivity contribution in [2.45, 2.75) is 12.8 Å². The molecule has 0 saturated carbocycles. The highest BCUT2D eigenvalue weighted by Crippen LogP contribution is 2.33. The first-order valence-electron chi connectivity index (χ1n) is 9.18. The molecule has 0 atom stereocenters. The zero-order chi connectivity index (χ0) is 18.2. The van der Waals surface area contributed by atoms with Crippen molar-refractivity contribution in [3.8, 4) is 11.1 Å². The minimum Gasteiger partial charge on any atom is -0.361 e. The van der Waals surface area contributed by atoms with Gasteiger partial charge in [-0.25, -0.2) is 0 Å². The van der Waals surface area contributed by atoms with Gasteiger partial charge in [0.15, 0.2) is 0 Å². The van der Waals surface area contributed by atoms with E-state index in [-0.39, 0.29) is 5.91 Å².